The third-order valence-electron chi connectivity index (χ3n) is 1.58. The van der Waals surface area contributed by atoms with Crippen molar-refractivity contribution in [3.8, 4) is 16.9 Å². The molecule has 2 heterocycles. The summed E-state index contributed by atoms with van der Waals surface area (Å²) in [6, 6.07) is 3.70. The van der Waals surface area contributed by atoms with Gasteiger partial charge in [-0.3, -0.25) is 4.98 Å². The van der Waals surface area contributed by atoms with Crippen LogP contribution >= 0.6 is 11.3 Å². The van der Waals surface area contributed by atoms with Gasteiger partial charge in [0.1, 0.15) is 5.75 Å². The van der Waals surface area contributed by atoms with Crippen LogP contribution in [0.25, 0.3) is 11.1 Å². The minimum Gasteiger partial charge on any atom is -0.506 e. The molecule has 0 aliphatic rings. The molecule has 0 atom stereocenters. The van der Waals surface area contributed by atoms with Gasteiger partial charge in [-0.1, -0.05) is 7.43 Å². The smallest absolute Gasteiger partial charge is 0.134 e. The van der Waals surface area contributed by atoms with Gasteiger partial charge in [-0.2, -0.15) is 11.3 Å². The van der Waals surface area contributed by atoms with Crippen molar-refractivity contribution in [3.63, 3.8) is 0 Å². The molecule has 0 aromatic carbocycles. The molecule has 1 N–H and O–H groups in total. The fourth-order valence-electron chi connectivity index (χ4n) is 1.01. The maximum atomic E-state index is 9.15. The van der Waals surface area contributed by atoms with Crippen molar-refractivity contribution in [2.24, 2.45) is 0 Å². The molecule has 0 fully saturated rings. The van der Waals surface area contributed by atoms with Crippen LogP contribution in [0.5, 0.6) is 5.75 Å². The Hall–Kier alpha value is -1.35. The Balaban J connectivity index is 0.000000845. The summed E-state index contributed by atoms with van der Waals surface area (Å²) in [6.45, 7) is 0. The van der Waals surface area contributed by atoms with Crippen LogP contribution in [0.3, 0.4) is 0 Å². The largest absolute Gasteiger partial charge is 0.506 e. The summed E-state index contributed by atoms with van der Waals surface area (Å²) in [5, 5.41) is 13.2. The van der Waals surface area contributed by atoms with Crippen LogP contribution in [0.2, 0.25) is 0 Å². The number of hydrogen-bond donors (Lipinski definition) is 1. The lowest BCUT2D eigenvalue weighted by Crippen LogP contribution is -1.75. The summed E-state index contributed by atoms with van der Waals surface area (Å²) in [7, 11) is 0. The molecule has 2 aromatic rings. The molecule has 0 saturated heterocycles. The fraction of sp³-hybridized carbons (Fsp3) is 0.100. The normalized spacial score (nSPS) is 9.23. The lowest BCUT2D eigenvalue weighted by atomic mass is 10.1. The quantitative estimate of drug-likeness (QED) is 0.754. The van der Waals surface area contributed by atoms with E-state index in [0.29, 0.717) is 0 Å². The van der Waals surface area contributed by atoms with Crippen LogP contribution in [-0.2, 0) is 0 Å². The summed E-state index contributed by atoms with van der Waals surface area (Å²) in [5.74, 6) is 0.207. The third-order valence-corrected chi connectivity index (χ3v) is 2.26. The minimum absolute atomic E-state index is 0. The van der Waals surface area contributed by atoms with E-state index in [-0.39, 0.29) is 13.2 Å². The third kappa shape index (κ3) is 2.06. The average Bonchev–Trinajstić information content (AvgIpc) is 2.56. The molecule has 0 unspecified atom stereocenters. The van der Waals surface area contributed by atoms with Gasteiger partial charge in [0.2, 0.25) is 0 Å². The number of aromatic hydroxyl groups is 1. The van der Waals surface area contributed by atoms with Crippen LogP contribution in [0.15, 0.2) is 35.3 Å². The van der Waals surface area contributed by atoms with Gasteiger partial charge in [0.05, 0.1) is 6.20 Å². The van der Waals surface area contributed by atoms with Crippen molar-refractivity contribution in [1.82, 2.24) is 4.98 Å². The number of thiophene rings is 1. The van der Waals surface area contributed by atoms with E-state index in [2.05, 4.69) is 4.98 Å². The second-order valence-electron chi connectivity index (χ2n) is 2.44. The maximum absolute atomic E-state index is 9.15. The molecule has 0 bridgehead atoms. The number of pyridine rings is 1. The van der Waals surface area contributed by atoms with Crippen molar-refractivity contribution < 1.29 is 5.11 Å². The van der Waals surface area contributed by atoms with E-state index in [4.69, 9.17) is 5.11 Å². The van der Waals surface area contributed by atoms with Gasteiger partial charge in [0.25, 0.3) is 0 Å². The molecule has 2 rings (SSSR count). The van der Waals surface area contributed by atoms with Crippen LogP contribution in [0.1, 0.15) is 7.43 Å². The van der Waals surface area contributed by atoms with E-state index in [1.54, 1.807) is 23.6 Å². The minimum atomic E-state index is 0. The highest BCUT2D eigenvalue weighted by Gasteiger charge is 1.98. The van der Waals surface area contributed by atoms with Gasteiger partial charge in [-0.15, -0.1) is 0 Å². The van der Waals surface area contributed by atoms with E-state index in [1.807, 2.05) is 16.8 Å². The highest BCUT2D eigenvalue weighted by molar-refractivity contribution is 7.08. The Kier molecular flexibility index (Phi) is 3.03. The van der Waals surface area contributed by atoms with Gasteiger partial charge in [-0.25, -0.2) is 0 Å². The van der Waals surface area contributed by atoms with Crippen molar-refractivity contribution in [1.29, 1.82) is 0 Å². The first-order valence-corrected chi connectivity index (χ1v) is 4.47. The van der Waals surface area contributed by atoms with Crippen molar-refractivity contribution in [3.05, 3.63) is 35.3 Å². The maximum Gasteiger partial charge on any atom is 0.134 e. The molecule has 0 aliphatic heterocycles. The molecule has 2 nitrogen and oxygen atoms in total. The zero-order chi connectivity index (χ0) is 8.39. The van der Waals surface area contributed by atoms with Crippen LogP contribution in [-0.4, -0.2) is 10.1 Å². The number of hydrogen-bond acceptors (Lipinski definition) is 3. The summed E-state index contributed by atoms with van der Waals surface area (Å²) in [4.78, 5) is 3.89. The number of rotatable bonds is 1. The number of aromatic nitrogens is 1. The highest BCUT2D eigenvalue weighted by atomic mass is 32.1. The zero-order valence-corrected chi connectivity index (χ0v) is 7.08. The standard InChI is InChI=1S/C9H7NOS.CH4/c11-9-3-8(4-10-5-9)7-1-2-12-6-7;/h1-6,11H;1H4. The first-order valence-electron chi connectivity index (χ1n) is 3.53. The SMILES string of the molecule is C.Oc1cncc(-c2ccsc2)c1. The molecule has 0 amide bonds. The van der Waals surface area contributed by atoms with Gasteiger partial charge < -0.3 is 5.11 Å². The summed E-state index contributed by atoms with van der Waals surface area (Å²) < 4.78 is 0. The van der Waals surface area contributed by atoms with E-state index < -0.39 is 0 Å². The van der Waals surface area contributed by atoms with Crippen LogP contribution in [0, 0.1) is 0 Å². The molecular formula is C10H11NOS. The van der Waals surface area contributed by atoms with Crippen molar-refractivity contribution in [2.75, 3.05) is 0 Å². The zero-order valence-electron chi connectivity index (χ0n) is 6.27. The van der Waals surface area contributed by atoms with E-state index >= 15 is 0 Å². The second-order valence-corrected chi connectivity index (χ2v) is 3.22. The molecule has 0 saturated carbocycles. The fourth-order valence-corrected chi connectivity index (χ4v) is 1.68. The van der Waals surface area contributed by atoms with Crippen molar-refractivity contribution in [2.45, 2.75) is 7.43 Å². The van der Waals surface area contributed by atoms with Crippen LogP contribution < -0.4 is 0 Å². The monoisotopic (exact) mass is 193 g/mol. The lowest BCUT2D eigenvalue weighted by molar-refractivity contribution is 0.473. The Morgan fingerprint density at radius 3 is 2.69 bits per heavy atom. The Bertz CT molecular complexity index is 370. The Morgan fingerprint density at radius 2 is 2.08 bits per heavy atom. The van der Waals surface area contributed by atoms with Gasteiger partial charge in [0, 0.05) is 11.8 Å². The van der Waals surface area contributed by atoms with E-state index in [1.165, 1.54) is 6.20 Å². The highest BCUT2D eigenvalue weighted by Crippen LogP contribution is 2.23. The molecular weight excluding hydrogens is 182 g/mol. The molecule has 0 spiro atoms. The van der Waals surface area contributed by atoms with Gasteiger partial charge in [-0.05, 0) is 28.5 Å². The average molecular weight is 193 g/mol. The molecule has 0 aliphatic carbocycles. The van der Waals surface area contributed by atoms with E-state index in [9.17, 15) is 0 Å². The van der Waals surface area contributed by atoms with Gasteiger partial charge >= 0.3 is 0 Å². The second kappa shape index (κ2) is 4.05. The topological polar surface area (TPSA) is 33.1 Å². The lowest BCUT2D eigenvalue weighted by Gasteiger charge is -1.96. The molecule has 0 radical (unpaired) electrons. The molecule has 68 valence electrons. The molecule has 13 heavy (non-hydrogen) atoms. The summed E-state index contributed by atoms with van der Waals surface area (Å²) in [5.41, 5.74) is 2.06. The first-order chi connectivity index (χ1) is 5.86. The predicted molar refractivity (Wildman–Crippen MR) is 55.9 cm³/mol. The predicted octanol–water partition coefficient (Wildman–Crippen LogP) is 3.15. The Labute approximate surface area is 81.5 Å². The van der Waals surface area contributed by atoms with E-state index in [0.717, 1.165) is 11.1 Å². The summed E-state index contributed by atoms with van der Waals surface area (Å²) >= 11 is 1.63. The summed E-state index contributed by atoms with van der Waals surface area (Å²) in [6.07, 6.45) is 3.16. The number of nitrogens with zero attached hydrogens (tertiary/aromatic N) is 1. The molecule has 2 aromatic heterocycles. The van der Waals surface area contributed by atoms with Gasteiger partial charge in [0.15, 0.2) is 0 Å². The Morgan fingerprint density at radius 1 is 1.23 bits per heavy atom. The van der Waals surface area contributed by atoms with Crippen molar-refractivity contribution >= 4 is 11.3 Å². The van der Waals surface area contributed by atoms with Crippen LogP contribution in [0.4, 0.5) is 0 Å². The first kappa shape index (κ1) is 9.74. The molecule has 3 heteroatoms.